The molecule has 0 amide bonds. The second-order valence-electron chi connectivity index (χ2n) is 4.79. The Morgan fingerprint density at radius 2 is 1.94 bits per heavy atom. The Labute approximate surface area is 94.5 Å². The lowest BCUT2D eigenvalue weighted by molar-refractivity contribution is -0.173. The molecule has 0 aromatic rings. The lowest BCUT2D eigenvalue weighted by Gasteiger charge is -2.38. The summed E-state index contributed by atoms with van der Waals surface area (Å²) >= 11 is 0. The van der Waals surface area contributed by atoms with Gasteiger partial charge in [-0.3, -0.25) is 0 Å². The molecule has 0 saturated heterocycles. The first-order valence-electron chi connectivity index (χ1n) is 5.76. The van der Waals surface area contributed by atoms with Gasteiger partial charge in [-0.15, -0.1) is 0 Å². The highest BCUT2D eigenvalue weighted by Gasteiger charge is 2.30. The Morgan fingerprint density at radius 1 is 1.31 bits per heavy atom. The fourth-order valence-corrected chi connectivity index (χ4v) is 1.90. The molecular weight excluding hydrogens is 219 g/mol. The monoisotopic (exact) mass is 239 g/mol. The maximum absolute atomic E-state index is 11.7. The number of alkyl halides is 3. The van der Waals surface area contributed by atoms with Crippen LogP contribution in [0.1, 0.15) is 26.7 Å². The predicted octanol–water partition coefficient (Wildman–Crippen LogP) is 2.59. The van der Waals surface area contributed by atoms with Crippen molar-refractivity contribution in [1.29, 1.82) is 0 Å². The Hall–Kier alpha value is -0.290. The Kier molecular flexibility index (Phi) is 5.05. The van der Waals surface area contributed by atoms with Crippen molar-refractivity contribution in [1.82, 2.24) is 5.32 Å². The number of hydrogen-bond acceptors (Lipinski definition) is 2. The number of hydrogen-bond donors (Lipinski definition) is 1. The van der Waals surface area contributed by atoms with Crippen molar-refractivity contribution in [3.63, 3.8) is 0 Å². The molecule has 0 spiro atoms. The van der Waals surface area contributed by atoms with E-state index < -0.39 is 12.8 Å². The third kappa shape index (κ3) is 5.16. The molecule has 1 aliphatic rings. The molecule has 1 rings (SSSR count). The minimum Gasteiger partial charge on any atom is -0.371 e. The van der Waals surface area contributed by atoms with E-state index in [2.05, 4.69) is 23.9 Å². The average Bonchev–Trinajstić information content (AvgIpc) is 2.04. The molecule has 2 nitrogen and oxygen atoms in total. The second kappa shape index (κ2) is 5.87. The summed E-state index contributed by atoms with van der Waals surface area (Å²) in [7, 11) is 0. The van der Waals surface area contributed by atoms with Crippen molar-refractivity contribution in [2.75, 3.05) is 19.8 Å². The lowest BCUT2D eigenvalue weighted by Crippen LogP contribution is -2.44. The van der Waals surface area contributed by atoms with Crippen LogP contribution in [0.3, 0.4) is 0 Å². The smallest absolute Gasteiger partial charge is 0.371 e. The van der Waals surface area contributed by atoms with E-state index in [0.29, 0.717) is 18.5 Å². The second-order valence-corrected chi connectivity index (χ2v) is 4.79. The SMILES string of the molecule is CC(C)C1CC(NCCOCC(F)(F)F)C1. The van der Waals surface area contributed by atoms with Crippen LogP contribution in [0.5, 0.6) is 0 Å². The molecule has 0 aromatic heterocycles. The van der Waals surface area contributed by atoms with Crippen LogP contribution in [-0.2, 0) is 4.74 Å². The van der Waals surface area contributed by atoms with Crippen molar-refractivity contribution in [3.05, 3.63) is 0 Å². The number of ether oxygens (including phenoxy) is 1. The zero-order chi connectivity index (χ0) is 12.2. The third-order valence-corrected chi connectivity index (χ3v) is 3.06. The van der Waals surface area contributed by atoms with Gasteiger partial charge in [-0.1, -0.05) is 13.8 Å². The van der Waals surface area contributed by atoms with E-state index in [1.165, 1.54) is 0 Å². The summed E-state index contributed by atoms with van der Waals surface area (Å²) in [5, 5.41) is 3.20. The molecule has 0 aliphatic heterocycles. The Bertz CT molecular complexity index is 200. The van der Waals surface area contributed by atoms with Gasteiger partial charge in [0.2, 0.25) is 0 Å². The number of nitrogens with one attached hydrogen (secondary N) is 1. The van der Waals surface area contributed by atoms with Gasteiger partial charge < -0.3 is 10.1 Å². The summed E-state index contributed by atoms with van der Waals surface area (Å²) in [6.45, 7) is 3.89. The number of rotatable bonds is 6. The number of halogens is 3. The van der Waals surface area contributed by atoms with Crippen LogP contribution in [0.15, 0.2) is 0 Å². The van der Waals surface area contributed by atoms with Crippen molar-refractivity contribution in [3.8, 4) is 0 Å². The predicted molar refractivity (Wildman–Crippen MR) is 56.2 cm³/mol. The summed E-state index contributed by atoms with van der Waals surface area (Å²) in [5.74, 6) is 1.48. The fraction of sp³-hybridized carbons (Fsp3) is 1.00. The van der Waals surface area contributed by atoms with Gasteiger partial charge in [-0.2, -0.15) is 13.2 Å². The molecule has 0 aromatic carbocycles. The van der Waals surface area contributed by atoms with Crippen LogP contribution in [0.25, 0.3) is 0 Å². The molecule has 0 unspecified atom stereocenters. The maximum Gasteiger partial charge on any atom is 0.411 e. The zero-order valence-electron chi connectivity index (χ0n) is 9.81. The quantitative estimate of drug-likeness (QED) is 0.719. The topological polar surface area (TPSA) is 21.3 Å². The first-order valence-corrected chi connectivity index (χ1v) is 5.76. The molecule has 5 heteroatoms. The van der Waals surface area contributed by atoms with Crippen LogP contribution in [0.2, 0.25) is 0 Å². The Morgan fingerprint density at radius 3 is 2.44 bits per heavy atom. The molecular formula is C11H20F3NO. The summed E-state index contributed by atoms with van der Waals surface area (Å²) < 4.78 is 39.6. The van der Waals surface area contributed by atoms with Crippen molar-refractivity contribution in [2.45, 2.75) is 38.9 Å². The van der Waals surface area contributed by atoms with Gasteiger partial charge in [0.25, 0.3) is 0 Å². The van der Waals surface area contributed by atoms with Gasteiger partial charge in [0, 0.05) is 12.6 Å². The molecule has 1 N–H and O–H groups in total. The molecule has 1 saturated carbocycles. The molecule has 0 heterocycles. The molecule has 0 radical (unpaired) electrons. The van der Waals surface area contributed by atoms with Crippen LogP contribution in [-0.4, -0.2) is 32.0 Å². The molecule has 0 atom stereocenters. The van der Waals surface area contributed by atoms with E-state index in [-0.39, 0.29) is 6.61 Å². The largest absolute Gasteiger partial charge is 0.411 e. The molecule has 16 heavy (non-hydrogen) atoms. The van der Waals surface area contributed by atoms with E-state index in [1.54, 1.807) is 0 Å². The molecule has 0 bridgehead atoms. The van der Waals surface area contributed by atoms with Gasteiger partial charge in [0.15, 0.2) is 0 Å². The van der Waals surface area contributed by atoms with Crippen molar-refractivity contribution < 1.29 is 17.9 Å². The van der Waals surface area contributed by atoms with Crippen LogP contribution in [0.4, 0.5) is 13.2 Å². The maximum atomic E-state index is 11.7. The van der Waals surface area contributed by atoms with Gasteiger partial charge in [0.1, 0.15) is 6.61 Å². The highest BCUT2D eigenvalue weighted by molar-refractivity contribution is 4.86. The van der Waals surface area contributed by atoms with Crippen LogP contribution < -0.4 is 5.32 Å². The summed E-state index contributed by atoms with van der Waals surface area (Å²) in [6, 6.07) is 0.474. The first kappa shape index (κ1) is 13.8. The molecule has 1 fully saturated rings. The lowest BCUT2D eigenvalue weighted by atomic mass is 9.74. The molecule has 1 aliphatic carbocycles. The van der Waals surface area contributed by atoms with E-state index in [1.807, 2.05) is 0 Å². The van der Waals surface area contributed by atoms with Gasteiger partial charge in [-0.25, -0.2) is 0 Å². The minimum absolute atomic E-state index is 0.127. The highest BCUT2D eigenvalue weighted by Crippen LogP contribution is 2.33. The van der Waals surface area contributed by atoms with Gasteiger partial charge in [-0.05, 0) is 24.7 Å². The van der Waals surface area contributed by atoms with Crippen LogP contribution in [0, 0.1) is 11.8 Å². The van der Waals surface area contributed by atoms with E-state index in [4.69, 9.17) is 0 Å². The van der Waals surface area contributed by atoms with Crippen molar-refractivity contribution in [2.24, 2.45) is 11.8 Å². The zero-order valence-corrected chi connectivity index (χ0v) is 9.81. The summed E-state index contributed by atoms with van der Waals surface area (Å²) in [4.78, 5) is 0. The normalized spacial score (nSPS) is 25.9. The third-order valence-electron chi connectivity index (χ3n) is 3.06. The average molecular weight is 239 g/mol. The first-order chi connectivity index (χ1) is 7.38. The van der Waals surface area contributed by atoms with Crippen LogP contribution >= 0.6 is 0 Å². The summed E-state index contributed by atoms with van der Waals surface area (Å²) in [6.07, 6.45) is -1.94. The van der Waals surface area contributed by atoms with E-state index in [0.717, 1.165) is 18.8 Å². The van der Waals surface area contributed by atoms with E-state index in [9.17, 15) is 13.2 Å². The van der Waals surface area contributed by atoms with Gasteiger partial charge >= 0.3 is 6.18 Å². The Balaban J connectivity index is 1.90. The summed E-state index contributed by atoms with van der Waals surface area (Å²) in [5.41, 5.74) is 0. The minimum atomic E-state index is -4.21. The standard InChI is InChI=1S/C11H20F3NO/c1-8(2)9-5-10(6-9)15-3-4-16-7-11(12,13)14/h8-10,15H,3-7H2,1-2H3. The highest BCUT2D eigenvalue weighted by atomic mass is 19.4. The van der Waals surface area contributed by atoms with E-state index >= 15 is 0 Å². The van der Waals surface area contributed by atoms with Crippen molar-refractivity contribution >= 4 is 0 Å². The molecule has 96 valence electrons. The van der Waals surface area contributed by atoms with Gasteiger partial charge in [0.05, 0.1) is 6.61 Å². The fourth-order valence-electron chi connectivity index (χ4n) is 1.90.